The molecule has 0 saturated heterocycles. The molecule has 0 amide bonds. The van der Waals surface area contributed by atoms with Crippen LogP contribution in [0.1, 0.15) is 6.92 Å². The Bertz CT molecular complexity index is 158. The lowest BCUT2D eigenvalue weighted by Gasteiger charge is -2.00. The number of hydrogen-bond donors (Lipinski definition) is 0. The zero-order valence-corrected chi connectivity index (χ0v) is 4.66. The minimum Gasteiger partial charge on any atom is -0.294 e. The Hall–Kier alpha value is -0.920. The van der Waals surface area contributed by atoms with E-state index in [0.717, 1.165) is 0 Å². The molecule has 0 N–H and O–H groups in total. The number of carbonyl (C=O) groups is 1. The van der Waals surface area contributed by atoms with Gasteiger partial charge in [0.2, 0.25) is 0 Å². The number of rotatable bonds is 0. The molecule has 0 bridgehead atoms. The summed E-state index contributed by atoms with van der Waals surface area (Å²) >= 11 is 0. The predicted molar refractivity (Wildman–Crippen MR) is 31.8 cm³/mol. The molecule has 2 nitrogen and oxygen atoms in total. The standard InChI is InChI=1S/C6H7NO/c1-5-4-7-3-2-6(5)8/h2-5H,1H3. The van der Waals surface area contributed by atoms with Gasteiger partial charge in [-0.05, 0) is 0 Å². The largest absolute Gasteiger partial charge is 0.294 e. The van der Waals surface area contributed by atoms with Crippen molar-refractivity contribution in [1.29, 1.82) is 0 Å². The molecule has 2 heteroatoms. The van der Waals surface area contributed by atoms with Crippen LogP contribution >= 0.6 is 0 Å². The van der Waals surface area contributed by atoms with Crippen molar-refractivity contribution in [3.05, 3.63) is 12.3 Å². The zero-order chi connectivity index (χ0) is 5.98. The normalized spacial score (nSPS) is 26.6. The minimum absolute atomic E-state index is 0.0139. The van der Waals surface area contributed by atoms with Crippen LogP contribution in [0.4, 0.5) is 0 Å². The Morgan fingerprint density at radius 1 is 1.75 bits per heavy atom. The molecule has 1 aliphatic heterocycles. The van der Waals surface area contributed by atoms with E-state index in [-0.39, 0.29) is 11.7 Å². The molecule has 1 unspecified atom stereocenters. The molecule has 42 valence electrons. The highest BCUT2D eigenvalue weighted by atomic mass is 16.1. The fraction of sp³-hybridized carbons (Fsp3) is 0.333. The lowest BCUT2D eigenvalue weighted by molar-refractivity contribution is -0.116. The first-order valence-corrected chi connectivity index (χ1v) is 2.54. The summed E-state index contributed by atoms with van der Waals surface area (Å²) in [6, 6.07) is 0. The Labute approximate surface area is 47.9 Å². The van der Waals surface area contributed by atoms with Crippen molar-refractivity contribution in [1.82, 2.24) is 0 Å². The SMILES string of the molecule is CC1C=NC=CC1=O. The Morgan fingerprint density at radius 2 is 2.50 bits per heavy atom. The summed E-state index contributed by atoms with van der Waals surface area (Å²) in [5, 5.41) is 0. The molecule has 0 radical (unpaired) electrons. The Kier molecular flexibility index (Phi) is 1.24. The molecule has 0 aromatic carbocycles. The van der Waals surface area contributed by atoms with Crippen LogP contribution in [0.3, 0.4) is 0 Å². The Balaban J connectivity index is 2.74. The van der Waals surface area contributed by atoms with Gasteiger partial charge in [-0.3, -0.25) is 9.79 Å². The number of allylic oxidation sites excluding steroid dienone is 1. The molecular formula is C6H7NO. The van der Waals surface area contributed by atoms with Gasteiger partial charge >= 0.3 is 0 Å². The zero-order valence-electron chi connectivity index (χ0n) is 4.66. The molecule has 1 heterocycles. The van der Waals surface area contributed by atoms with Crippen LogP contribution in [0.15, 0.2) is 17.3 Å². The summed E-state index contributed by atoms with van der Waals surface area (Å²) in [4.78, 5) is 14.4. The summed E-state index contributed by atoms with van der Waals surface area (Å²) in [5.74, 6) is 0.125. The molecular weight excluding hydrogens is 102 g/mol. The van der Waals surface area contributed by atoms with Crippen LogP contribution in [0.25, 0.3) is 0 Å². The molecule has 1 rings (SSSR count). The molecule has 0 saturated carbocycles. The third-order valence-electron chi connectivity index (χ3n) is 1.08. The van der Waals surface area contributed by atoms with Gasteiger partial charge in [-0.25, -0.2) is 0 Å². The fourth-order valence-electron chi connectivity index (χ4n) is 0.521. The van der Waals surface area contributed by atoms with Gasteiger partial charge in [-0.2, -0.15) is 0 Å². The Morgan fingerprint density at radius 3 is 2.88 bits per heavy atom. The third-order valence-corrected chi connectivity index (χ3v) is 1.08. The first-order valence-electron chi connectivity index (χ1n) is 2.54. The monoisotopic (exact) mass is 109 g/mol. The molecule has 0 aromatic heterocycles. The average molecular weight is 109 g/mol. The van der Waals surface area contributed by atoms with E-state index >= 15 is 0 Å². The van der Waals surface area contributed by atoms with Gasteiger partial charge in [-0.15, -0.1) is 0 Å². The van der Waals surface area contributed by atoms with Gasteiger partial charge in [0.05, 0.1) is 5.92 Å². The van der Waals surface area contributed by atoms with E-state index in [4.69, 9.17) is 0 Å². The van der Waals surface area contributed by atoms with E-state index in [9.17, 15) is 4.79 Å². The van der Waals surface area contributed by atoms with Gasteiger partial charge in [0.25, 0.3) is 0 Å². The van der Waals surface area contributed by atoms with E-state index < -0.39 is 0 Å². The maximum Gasteiger partial charge on any atom is 0.165 e. The van der Waals surface area contributed by atoms with Gasteiger partial charge < -0.3 is 0 Å². The van der Waals surface area contributed by atoms with E-state index in [1.165, 1.54) is 12.3 Å². The molecule has 1 aliphatic rings. The molecule has 0 spiro atoms. The first kappa shape index (κ1) is 5.22. The van der Waals surface area contributed by atoms with E-state index in [0.29, 0.717) is 0 Å². The quantitative estimate of drug-likeness (QED) is 0.452. The molecule has 0 fully saturated rings. The van der Waals surface area contributed by atoms with Crippen LogP contribution in [-0.4, -0.2) is 12.0 Å². The van der Waals surface area contributed by atoms with E-state index in [1.807, 2.05) is 6.92 Å². The number of hydrogen-bond acceptors (Lipinski definition) is 2. The highest BCUT2D eigenvalue weighted by molar-refractivity contribution is 6.03. The van der Waals surface area contributed by atoms with Crippen molar-refractivity contribution in [2.75, 3.05) is 0 Å². The second kappa shape index (κ2) is 1.90. The van der Waals surface area contributed by atoms with Crippen molar-refractivity contribution in [2.45, 2.75) is 6.92 Å². The molecule has 0 aromatic rings. The summed E-state index contributed by atoms with van der Waals surface area (Å²) < 4.78 is 0. The van der Waals surface area contributed by atoms with Gasteiger partial charge in [0, 0.05) is 18.5 Å². The van der Waals surface area contributed by atoms with Gasteiger partial charge in [0.15, 0.2) is 5.78 Å². The summed E-state index contributed by atoms with van der Waals surface area (Å²) in [5.41, 5.74) is 0. The van der Waals surface area contributed by atoms with Crippen molar-refractivity contribution >= 4 is 12.0 Å². The minimum atomic E-state index is -0.0139. The number of carbonyl (C=O) groups excluding carboxylic acids is 1. The summed E-state index contributed by atoms with van der Waals surface area (Å²) in [6.07, 6.45) is 4.65. The summed E-state index contributed by atoms with van der Waals surface area (Å²) in [6.45, 7) is 1.83. The maximum atomic E-state index is 10.6. The number of aliphatic imine (C=N–C) groups is 1. The van der Waals surface area contributed by atoms with E-state index in [1.54, 1.807) is 6.21 Å². The fourth-order valence-corrected chi connectivity index (χ4v) is 0.521. The molecule has 1 atom stereocenters. The molecule has 8 heavy (non-hydrogen) atoms. The summed E-state index contributed by atoms with van der Waals surface area (Å²) in [7, 11) is 0. The number of nitrogens with zero attached hydrogens (tertiary/aromatic N) is 1. The lowest BCUT2D eigenvalue weighted by atomic mass is 10.1. The first-order chi connectivity index (χ1) is 3.80. The molecule has 0 aliphatic carbocycles. The maximum absolute atomic E-state index is 10.6. The average Bonchev–Trinajstić information content (AvgIpc) is 1.77. The van der Waals surface area contributed by atoms with Crippen molar-refractivity contribution in [3.8, 4) is 0 Å². The second-order valence-corrected chi connectivity index (χ2v) is 1.80. The van der Waals surface area contributed by atoms with Crippen molar-refractivity contribution in [2.24, 2.45) is 10.9 Å². The lowest BCUT2D eigenvalue weighted by Crippen LogP contribution is -2.10. The van der Waals surface area contributed by atoms with Gasteiger partial charge in [-0.1, -0.05) is 6.92 Å². The smallest absolute Gasteiger partial charge is 0.165 e. The highest BCUT2D eigenvalue weighted by Crippen LogP contribution is 1.99. The van der Waals surface area contributed by atoms with Crippen LogP contribution < -0.4 is 0 Å². The highest BCUT2D eigenvalue weighted by Gasteiger charge is 2.07. The predicted octanol–water partition coefficient (Wildman–Crippen LogP) is 0.790. The second-order valence-electron chi connectivity index (χ2n) is 1.80. The van der Waals surface area contributed by atoms with E-state index in [2.05, 4.69) is 4.99 Å². The van der Waals surface area contributed by atoms with Crippen LogP contribution in [0.5, 0.6) is 0 Å². The van der Waals surface area contributed by atoms with Gasteiger partial charge in [0.1, 0.15) is 0 Å². The third kappa shape index (κ3) is 0.832. The van der Waals surface area contributed by atoms with Crippen LogP contribution in [0, 0.1) is 5.92 Å². The number of ketones is 1. The van der Waals surface area contributed by atoms with Crippen LogP contribution in [-0.2, 0) is 4.79 Å². The topological polar surface area (TPSA) is 29.4 Å². The van der Waals surface area contributed by atoms with Crippen molar-refractivity contribution in [3.63, 3.8) is 0 Å². The van der Waals surface area contributed by atoms with Crippen molar-refractivity contribution < 1.29 is 4.79 Å². The van der Waals surface area contributed by atoms with Crippen LogP contribution in [0.2, 0.25) is 0 Å².